The number of hydrogen-bond acceptors (Lipinski definition) is 5. The second-order valence-corrected chi connectivity index (χ2v) is 5.67. The fraction of sp³-hybridized carbons (Fsp3) is 0.214. The van der Waals surface area contributed by atoms with Crippen molar-refractivity contribution in [1.82, 2.24) is 4.98 Å². The molecule has 0 saturated carbocycles. The summed E-state index contributed by atoms with van der Waals surface area (Å²) in [6.07, 6.45) is 1.58. The third kappa shape index (κ3) is 3.65. The number of nitro groups is 1. The van der Waals surface area contributed by atoms with Gasteiger partial charge in [-0.15, -0.1) is 0 Å². The second kappa shape index (κ2) is 6.78. The molecule has 110 valence electrons. The normalized spacial score (nSPS) is 10.4. The lowest BCUT2D eigenvalue weighted by atomic mass is 10.2. The van der Waals surface area contributed by atoms with E-state index in [0.29, 0.717) is 27.1 Å². The molecule has 2 aromatic rings. The Balaban J connectivity index is 2.19. The average molecular weight is 325 g/mol. The van der Waals surface area contributed by atoms with Gasteiger partial charge in [0.25, 0.3) is 0 Å². The Morgan fingerprint density at radius 2 is 2.19 bits per heavy atom. The predicted octanol–water partition coefficient (Wildman–Crippen LogP) is 4.25. The molecule has 0 radical (unpaired) electrons. The first kappa shape index (κ1) is 15.6. The van der Waals surface area contributed by atoms with Gasteiger partial charge < -0.3 is 4.74 Å². The maximum absolute atomic E-state index is 11.1. The third-order valence-corrected chi connectivity index (χ3v) is 4.21. The highest BCUT2D eigenvalue weighted by molar-refractivity contribution is 7.98. The number of benzene rings is 1. The highest BCUT2D eigenvalue weighted by atomic mass is 35.5. The van der Waals surface area contributed by atoms with Gasteiger partial charge in [-0.25, -0.2) is 4.98 Å². The summed E-state index contributed by atoms with van der Waals surface area (Å²) in [5, 5.41) is 12.0. The maximum Gasteiger partial charge on any atom is 0.304 e. The lowest BCUT2D eigenvalue weighted by molar-refractivity contribution is -0.388. The molecule has 1 heterocycles. The van der Waals surface area contributed by atoms with Gasteiger partial charge in [-0.1, -0.05) is 29.4 Å². The zero-order valence-electron chi connectivity index (χ0n) is 11.5. The Morgan fingerprint density at radius 1 is 1.43 bits per heavy atom. The van der Waals surface area contributed by atoms with Crippen molar-refractivity contribution in [2.45, 2.75) is 17.7 Å². The summed E-state index contributed by atoms with van der Waals surface area (Å²) < 4.78 is 5.09. The van der Waals surface area contributed by atoms with Gasteiger partial charge in [0, 0.05) is 17.5 Å². The standard InChI is InChI=1S/C14H13ClN2O3S/c1-9-5-6-16-14(13(9)17(18)19)21-8-10-3-4-12(20-2)11(15)7-10/h3-7H,8H2,1-2H3. The first-order valence-electron chi connectivity index (χ1n) is 6.08. The summed E-state index contributed by atoms with van der Waals surface area (Å²) in [5.74, 6) is 1.14. The molecule has 0 unspecified atom stereocenters. The van der Waals surface area contributed by atoms with E-state index in [1.165, 1.54) is 11.8 Å². The van der Waals surface area contributed by atoms with Crippen molar-refractivity contribution in [3.8, 4) is 5.75 Å². The fourth-order valence-corrected chi connectivity index (χ4v) is 3.08. The molecular formula is C14H13ClN2O3S. The summed E-state index contributed by atoms with van der Waals surface area (Å²) in [6.45, 7) is 1.70. The van der Waals surface area contributed by atoms with Crippen molar-refractivity contribution in [3.05, 3.63) is 56.7 Å². The molecule has 0 aliphatic carbocycles. The molecule has 5 nitrogen and oxygen atoms in total. The van der Waals surface area contributed by atoms with Crippen LogP contribution < -0.4 is 4.74 Å². The summed E-state index contributed by atoms with van der Waals surface area (Å²) >= 11 is 7.37. The molecule has 7 heteroatoms. The van der Waals surface area contributed by atoms with Crippen molar-refractivity contribution >= 4 is 29.1 Å². The molecule has 21 heavy (non-hydrogen) atoms. The van der Waals surface area contributed by atoms with Crippen molar-refractivity contribution < 1.29 is 9.66 Å². The number of hydrogen-bond donors (Lipinski definition) is 0. The minimum atomic E-state index is -0.397. The van der Waals surface area contributed by atoms with Gasteiger partial charge in [-0.2, -0.15) is 0 Å². The average Bonchev–Trinajstić information content (AvgIpc) is 2.44. The van der Waals surface area contributed by atoms with Gasteiger partial charge >= 0.3 is 5.69 Å². The van der Waals surface area contributed by atoms with Crippen LogP contribution in [0.25, 0.3) is 0 Å². The van der Waals surface area contributed by atoms with Crippen molar-refractivity contribution in [1.29, 1.82) is 0 Å². The molecule has 0 saturated heterocycles. The maximum atomic E-state index is 11.1. The minimum absolute atomic E-state index is 0.0575. The molecule has 0 N–H and O–H groups in total. The minimum Gasteiger partial charge on any atom is -0.495 e. The first-order valence-corrected chi connectivity index (χ1v) is 7.44. The predicted molar refractivity (Wildman–Crippen MR) is 83.2 cm³/mol. The summed E-state index contributed by atoms with van der Waals surface area (Å²) in [7, 11) is 1.55. The number of halogens is 1. The summed E-state index contributed by atoms with van der Waals surface area (Å²) in [4.78, 5) is 14.8. The Kier molecular flexibility index (Phi) is 5.03. The third-order valence-electron chi connectivity index (χ3n) is 2.87. The zero-order valence-corrected chi connectivity index (χ0v) is 13.1. The van der Waals surface area contributed by atoms with Crippen LogP contribution in [-0.4, -0.2) is 17.0 Å². The largest absolute Gasteiger partial charge is 0.495 e. The molecule has 0 spiro atoms. The molecule has 0 amide bonds. The van der Waals surface area contributed by atoms with E-state index in [9.17, 15) is 10.1 Å². The molecule has 1 aromatic heterocycles. The van der Waals surface area contributed by atoms with Crippen LogP contribution in [0.4, 0.5) is 5.69 Å². The van der Waals surface area contributed by atoms with E-state index in [4.69, 9.17) is 16.3 Å². The molecule has 1 aromatic carbocycles. The fourth-order valence-electron chi connectivity index (χ4n) is 1.80. The Bertz CT molecular complexity index is 679. The number of nitrogens with zero attached hydrogens (tertiary/aromatic N) is 2. The Hall–Kier alpha value is -1.79. The van der Waals surface area contributed by atoms with Crippen LogP contribution in [0.2, 0.25) is 5.02 Å². The number of methoxy groups -OCH3 is 1. The van der Waals surface area contributed by atoms with Crippen LogP contribution in [0.15, 0.2) is 35.5 Å². The van der Waals surface area contributed by atoms with E-state index >= 15 is 0 Å². The molecule has 0 bridgehead atoms. The lowest BCUT2D eigenvalue weighted by Gasteiger charge is -2.07. The van der Waals surface area contributed by atoms with Crippen LogP contribution in [0.1, 0.15) is 11.1 Å². The Labute approximate surface area is 131 Å². The molecule has 0 aliphatic heterocycles. The number of pyridine rings is 1. The highest BCUT2D eigenvalue weighted by Gasteiger charge is 2.18. The van der Waals surface area contributed by atoms with E-state index in [0.717, 1.165) is 5.56 Å². The second-order valence-electron chi connectivity index (χ2n) is 4.30. The lowest BCUT2D eigenvalue weighted by Crippen LogP contribution is -1.96. The van der Waals surface area contributed by atoms with Crippen LogP contribution in [-0.2, 0) is 5.75 Å². The molecule has 0 atom stereocenters. The van der Waals surface area contributed by atoms with Gasteiger partial charge in [-0.3, -0.25) is 10.1 Å². The Morgan fingerprint density at radius 3 is 2.81 bits per heavy atom. The SMILES string of the molecule is COc1ccc(CSc2nccc(C)c2[N+](=O)[O-])cc1Cl. The van der Waals surface area contributed by atoms with Gasteiger partial charge in [0.15, 0.2) is 5.03 Å². The van der Waals surface area contributed by atoms with E-state index in [1.807, 2.05) is 6.07 Å². The number of aromatic nitrogens is 1. The van der Waals surface area contributed by atoms with Crippen molar-refractivity contribution in [2.24, 2.45) is 0 Å². The number of rotatable bonds is 5. The number of ether oxygens (including phenoxy) is 1. The van der Waals surface area contributed by atoms with Crippen molar-refractivity contribution in [2.75, 3.05) is 7.11 Å². The van der Waals surface area contributed by atoms with E-state index < -0.39 is 4.92 Å². The van der Waals surface area contributed by atoms with Crippen LogP contribution in [0, 0.1) is 17.0 Å². The smallest absolute Gasteiger partial charge is 0.304 e. The number of thioether (sulfide) groups is 1. The molecule has 0 fully saturated rings. The van der Waals surface area contributed by atoms with Gasteiger partial charge in [-0.05, 0) is 30.7 Å². The van der Waals surface area contributed by atoms with Crippen LogP contribution in [0.3, 0.4) is 0 Å². The quantitative estimate of drug-likeness (QED) is 0.467. The number of aryl methyl sites for hydroxylation is 1. The molecule has 0 aliphatic rings. The van der Waals surface area contributed by atoms with Crippen molar-refractivity contribution in [3.63, 3.8) is 0 Å². The zero-order chi connectivity index (χ0) is 15.4. The van der Waals surface area contributed by atoms with E-state index in [2.05, 4.69) is 4.98 Å². The van der Waals surface area contributed by atoms with Gasteiger partial charge in [0.2, 0.25) is 0 Å². The topological polar surface area (TPSA) is 65.3 Å². The summed E-state index contributed by atoms with van der Waals surface area (Å²) in [5.41, 5.74) is 1.61. The first-order chi connectivity index (χ1) is 10.0. The summed E-state index contributed by atoms with van der Waals surface area (Å²) in [6, 6.07) is 7.07. The van der Waals surface area contributed by atoms with E-state index in [1.54, 1.807) is 38.4 Å². The monoisotopic (exact) mass is 324 g/mol. The van der Waals surface area contributed by atoms with Gasteiger partial charge in [0.1, 0.15) is 5.75 Å². The van der Waals surface area contributed by atoms with Crippen LogP contribution in [0.5, 0.6) is 5.75 Å². The van der Waals surface area contributed by atoms with E-state index in [-0.39, 0.29) is 5.69 Å². The van der Waals surface area contributed by atoms with Gasteiger partial charge in [0.05, 0.1) is 17.1 Å². The molecule has 2 rings (SSSR count). The highest BCUT2D eigenvalue weighted by Crippen LogP contribution is 2.33. The van der Waals surface area contributed by atoms with Crippen LogP contribution >= 0.6 is 23.4 Å². The molecular weight excluding hydrogens is 312 g/mol.